The smallest absolute Gasteiger partial charge is 0.313 e. The number of carboxylic acids is 1. The molecule has 0 aliphatic carbocycles. The summed E-state index contributed by atoms with van der Waals surface area (Å²) in [7, 11) is 0. The number of rotatable bonds is 5. The Hall–Kier alpha value is -2.18. The van der Waals surface area contributed by atoms with E-state index in [1.807, 2.05) is 48.5 Å². The molecule has 0 amide bonds. The van der Waals surface area contributed by atoms with Crippen LogP contribution in [-0.4, -0.2) is 21.2 Å². The summed E-state index contributed by atoms with van der Waals surface area (Å²) in [6, 6.07) is 15.6. The quantitative estimate of drug-likeness (QED) is 0.688. The van der Waals surface area contributed by atoms with Gasteiger partial charge in [-0.3, -0.25) is 9.59 Å². The molecule has 116 valence electrons. The zero-order chi connectivity index (χ0) is 16.4. The lowest BCUT2D eigenvalue weighted by molar-refractivity contribution is -0.139. The number of para-hydroxylation sites is 1. The summed E-state index contributed by atoms with van der Waals surface area (Å²) >= 11 is 5.00. The van der Waals surface area contributed by atoms with E-state index in [1.165, 1.54) is 11.3 Å². The maximum Gasteiger partial charge on any atom is 0.313 e. The third-order valence-corrected chi connectivity index (χ3v) is 4.81. The number of thiazole rings is 1. The molecule has 0 aliphatic rings. The van der Waals surface area contributed by atoms with Gasteiger partial charge in [0.15, 0.2) is 5.12 Å². The van der Waals surface area contributed by atoms with Crippen LogP contribution in [0.3, 0.4) is 0 Å². The Labute approximate surface area is 142 Å². The van der Waals surface area contributed by atoms with Crippen LogP contribution >= 0.6 is 24.0 Å². The Morgan fingerprint density at radius 3 is 2.52 bits per heavy atom. The van der Waals surface area contributed by atoms with Gasteiger partial charge in [0.05, 0.1) is 10.2 Å². The third kappa shape index (κ3) is 3.28. The van der Waals surface area contributed by atoms with Crippen LogP contribution in [0, 0.1) is 0 Å². The van der Waals surface area contributed by atoms with E-state index in [4.69, 9.17) is 0 Å². The topological polar surface area (TPSA) is 67.3 Å². The molecule has 0 radical (unpaired) electrons. The van der Waals surface area contributed by atoms with Gasteiger partial charge in [0.1, 0.15) is 10.9 Å². The summed E-state index contributed by atoms with van der Waals surface area (Å²) in [4.78, 5) is 27.2. The van der Waals surface area contributed by atoms with Gasteiger partial charge in [-0.1, -0.05) is 42.5 Å². The maximum absolute atomic E-state index is 11.4. The predicted molar refractivity (Wildman–Crippen MR) is 94.0 cm³/mol. The molecule has 3 rings (SSSR count). The molecule has 1 aromatic heterocycles. The molecule has 3 aromatic rings. The average molecular weight is 343 g/mol. The molecule has 1 heterocycles. The standard InChI is InChI=1S/C17H13NO3S2/c19-14(22)9-12(17(20)21)16-18-15-11(7-4-8-13(15)23-16)10-5-2-1-3-6-10/h1-8,12H,9H2,(H,19,22)(H,20,21). The first-order valence-corrected chi connectivity index (χ1v) is 8.22. The zero-order valence-corrected chi connectivity index (χ0v) is 13.7. The van der Waals surface area contributed by atoms with E-state index < -0.39 is 17.0 Å². The van der Waals surface area contributed by atoms with Crippen LogP contribution in [0.4, 0.5) is 0 Å². The van der Waals surface area contributed by atoms with E-state index >= 15 is 0 Å². The Kier molecular flexibility index (Phi) is 4.45. The van der Waals surface area contributed by atoms with Gasteiger partial charge in [-0.05, 0) is 11.6 Å². The number of hydrogen-bond donors (Lipinski definition) is 2. The lowest BCUT2D eigenvalue weighted by Crippen LogP contribution is -2.13. The van der Waals surface area contributed by atoms with E-state index in [0.29, 0.717) is 5.01 Å². The van der Waals surface area contributed by atoms with E-state index in [-0.39, 0.29) is 6.42 Å². The van der Waals surface area contributed by atoms with Crippen LogP contribution in [0.25, 0.3) is 21.3 Å². The van der Waals surface area contributed by atoms with E-state index in [2.05, 4.69) is 17.6 Å². The number of carbonyl (C=O) groups is 2. The van der Waals surface area contributed by atoms with Gasteiger partial charge in [0, 0.05) is 12.0 Å². The van der Waals surface area contributed by atoms with Crippen LogP contribution < -0.4 is 0 Å². The van der Waals surface area contributed by atoms with Crippen LogP contribution in [0.15, 0.2) is 48.5 Å². The van der Waals surface area contributed by atoms with E-state index in [1.54, 1.807) is 0 Å². The normalized spacial score (nSPS) is 12.2. The molecule has 4 nitrogen and oxygen atoms in total. The highest BCUT2D eigenvalue weighted by atomic mass is 32.1. The Balaban J connectivity index is 2.12. The van der Waals surface area contributed by atoms with Crippen LogP contribution in [-0.2, 0) is 9.59 Å². The molecule has 0 saturated heterocycles. The fraction of sp³-hybridized carbons (Fsp3) is 0.118. The average Bonchev–Trinajstić information content (AvgIpc) is 2.96. The highest BCUT2D eigenvalue weighted by molar-refractivity contribution is 7.96. The summed E-state index contributed by atoms with van der Waals surface area (Å²) in [6.45, 7) is 0. The molecule has 0 aliphatic heterocycles. The number of carboxylic acid groups (broad SMARTS) is 1. The lowest BCUT2D eigenvalue weighted by atomic mass is 10.0. The van der Waals surface area contributed by atoms with Crippen LogP contribution in [0.1, 0.15) is 17.3 Å². The monoisotopic (exact) mass is 343 g/mol. The van der Waals surface area contributed by atoms with Crippen molar-refractivity contribution < 1.29 is 14.7 Å². The fourth-order valence-electron chi connectivity index (χ4n) is 2.42. The number of aromatic nitrogens is 1. The summed E-state index contributed by atoms with van der Waals surface area (Å²) in [5.74, 6) is -2.02. The summed E-state index contributed by atoms with van der Waals surface area (Å²) in [5, 5.41) is 9.34. The van der Waals surface area contributed by atoms with Crippen molar-refractivity contribution in [2.75, 3.05) is 0 Å². The van der Waals surface area contributed by atoms with Crippen molar-refractivity contribution in [3.05, 3.63) is 53.5 Å². The van der Waals surface area contributed by atoms with Crippen molar-refractivity contribution in [1.29, 1.82) is 0 Å². The number of thiol groups is 1. The molecular weight excluding hydrogens is 330 g/mol. The highest BCUT2D eigenvalue weighted by Gasteiger charge is 2.26. The number of nitrogens with zero attached hydrogens (tertiary/aromatic N) is 1. The SMILES string of the molecule is O=C(S)CC(C(=O)O)c1nc2c(-c3ccccc3)cccc2s1. The second-order valence-corrected chi connectivity index (χ2v) is 6.62. The summed E-state index contributed by atoms with van der Waals surface area (Å²) < 4.78 is 0.902. The van der Waals surface area contributed by atoms with Crippen molar-refractivity contribution in [3.8, 4) is 11.1 Å². The van der Waals surface area contributed by atoms with Crippen molar-refractivity contribution in [1.82, 2.24) is 4.98 Å². The number of fused-ring (bicyclic) bond motifs is 1. The third-order valence-electron chi connectivity index (χ3n) is 3.50. The Bertz CT molecular complexity index is 874. The van der Waals surface area contributed by atoms with Gasteiger partial charge >= 0.3 is 5.97 Å². The maximum atomic E-state index is 11.4. The minimum atomic E-state index is -1.06. The van der Waals surface area contributed by atoms with Gasteiger partial charge in [-0.15, -0.1) is 24.0 Å². The number of benzene rings is 2. The minimum Gasteiger partial charge on any atom is -0.481 e. The first-order valence-electron chi connectivity index (χ1n) is 6.95. The van der Waals surface area contributed by atoms with Crippen molar-refractivity contribution in [3.63, 3.8) is 0 Å². The van der Waals surface area contributed by atoms with Gasteiger partial charge < -0.3 is 5.11 Å². The second kappa shape index (κ2) is 6.52. The largest absolute Gasteiger partial charge is 0.481 e. The molecule has 0 bridgehead atoms. The number of aliphatic carboxylic acids is 1. The Morgan fingerprint density at radius 2 is 1.87 bits per heavy atom. The lowest BCUT2D eigenvalue weighted by Gasteiger charge is -2.05. The molecule has 1 atom stereocenters. The van der Waals surface area contributed by atoms with Gasteiger partial charge in [0.25, 0.3) is 0 Å². The number of carbonyl (C=O) groups excluding carboxylic acids is 1. The molecule has 2 aromatic carbocycles. The first-order chi connectivity index (χ1) is 11.1. The van der Waals surface area contributed by atoms with Crippen LogP contribution in [0.2, 0.25) is 0 Å². The minimum absolute atomic E-state index is 0.168. The second-order valence-electron chi connectivity index (χ2n) is 5.06. The molecule has 0 saturated carbocycles. The molecular formula is C17H13NO3S2. The molecule has 1 unspecified atom stereocenters. The van der Waals surface area contributed by atoms with Gasteiger partial charge in [-0.2, -0.15) is 0 Å². The van der Waals surface area contributed by atoms with Gasteiger partial charge in [-0.25, -0.2) is 4.98 Å². The molecule has 23 heavy (non-hydrogen) atoms. The fourth-order valence-corrected chi connectivity index (χ4v) is 3.69. The molecule has 0 spiro atoms. The highest BCUT2D eigenvalue weighted by Crippen LogP contribution is 2.35. The molecule has 1 N–H and O–H groups in total. The summed E-state index contributed by atoms with van der Waals surface area (Å²) in [5.41, 5.74) is 2.73. The van der Waals surface area contributed by atoms with E-state index in [0.717, 1.165) is 21.3 Å². The van der Waals surface area contributed by atoms with Crippen molar-refractivity contribution >= 4 is 45.3 Å². The van der Waals surface area contributed by atoms with Gasteiger partial charge in [0.2, 0.25) is 0 Å². The zero-order valence-electron chi connectivity index (χ0n) is 12.0. The van der Waals surface area contributed by atoms with E-state index in [9.17, 15) is 14.7 Å². The van der Waals surface area contributed by atoms with Crippen molar-refractivity contribution in [2.45, 2.75) is 12.3 Å². The molecule has 0 fully saturated rings. The summed E-state index contributed by atoms with van der Waals surface area (Å²) in [6.07, 6.45) is -0.168. The predicted octanol–water partition coefficient (Wildman–Crippen LogP) is 3.98. The van der Waals surface area contributed by atoms with Crippen LogP contribution in [0.5, 0.6) is 0 Å². The first kappa shape index (κ1) is 15.7. The van der Waals surface area contributed by atoms with Crippen molar-refractivity contribution in [2.24, 2.45) is 0 Å². The molecule has 6 heteroatoms. The Morgan fingerprint density at radius 1 is 1.13 bits per heavy atom. The number of hydrogen-bond acceptors (Lipinski definition) is 4.